The fourth-order valence-corrected chi connectivity index (χ4v) is 3.05. The molecule has 0 bridgehead atoms. The molecular weight excluding hydrogens is 272 g/mol. The van der Waals surface area contributed by atoms with Gasteiger partial charge in [-0.25, -0.2) is 0 Å². The minimum Gasteiger partial charge on any atom is -0.374 e. The summed E-state index contributed by atoms with van der Waals surface area (Å²) >= 11 is 0. The molecule has 22 heavy (non-hydrogen) atoms. The van der Waals surface area contributed by atoms with Crippen LogP contribution in [-0.4, -0.2) is 19.5 Å². The van der Waals surface area contributed by atoms with Crippen LogP contribution in [0.4, 0.5) is 5.69 Å². The van der Waals surface area contributed by atoms with Crippen LogP contribution in [0.5, 0.6) is 0 Å². The van der Waals surface area contributed by atoms with Crippen molar-refractivity contribution in [2.24, 2.45) is 0 Å². The molecule has 2 aromatic rings. The number of hydrogen-bond acceptors (Lipinski definition) is 2. The van der Waals surface area contributed by atoms with Gasteiger partial charge in [-0.05, 0) is 30.0 Å². The van der Waals surface area contributed by atoms with Gasteiger partial charge in [-0.3, -0.25) is 4.79 Å². The molecule has 1 aliphatic rings. The maximum atomic E-state index is 12.3. The molecule has 0 aliphatic carbocycles. The highest BCUT2D eigenvalue weighted by Crippen LogP contribution is 2.32. The van der Waals surface area contributed by atoms with Gasteiger partial charge in [0.15, 0.2) is 0 Å². The highest BCUT2D eigenvalue weighted by molar-refractivity contribution is 5.77. The van der Waals surface area contributed by atoms with E-state index in [9.17, 15) is 4.79 Å². The number of aryl methyl sites for hydroxylation is 1. The standard InChI is InChI=1S/C19H22N2O/c1-21-14-13-17(16-9-5-6-10-18(16)21)20-19(22)12-11-15-7-3-2-4-8-15/h2-10,17H,11-14H2,1H3,(H,20,22). The minimum atomic E-state index is 0.133. The first-order chi connectivity index (χ1) is 10.7. The number of amides is 1. The second kappa shape index (κ2) is 6.65. The van der Waals surface area contributed by atoms with E-state index in [1.54, 1.807) is 0 Å². The number of anilines is 1. The van der Waals surface area contributed by atoms with E-state index in [-0.39, 0.29) is 11.9 Å². The topological polar surface area (TPSA) is 32.3 Å². The van der Waals surface area contributed by atoms with Crippen LogP contribution < -0.4 is 10.2 Å². The first-order valence-corrected chi connectivity index (χ1v) is 7.87. The number of fused-ring (bicyclic) bond motifs is 1. The number of carbonyl (C=O) groups excluding carboxylic acids is 1. The van der Waals surface area contributed by atoms with Crippen molar-refractivity contribution in [3.8, 4) is 0 Å². The van der Waals surface area contributed by atoms with E-state index in [1.807, 2.05) is 24.3 Å². The number of nitrogens with one attached hydrogen (secondary N) is 1. The zero-order chi connectivity index (χ0) is 15.4. The van der Waals surface area contributed by atoms with Crippen molar-refractivity contribution in [3.63, 3.8) is 0 Å². The van der Waals surface area contributed by atoms with E-state index < -0.39 is 0 Å². The van der Waals surface area contributed by atoms with Crippen LogP contribution in [0.2, 0.25) is 0 Å². The molecule has 0 saturated carbocycles. The van der Waals surface area contributed by atoms with Crippen molar-refractivity contribution in [1.82, 2.24) is 5.32 Å². The van der Waals surface area contributed by atoms with Gasteiger partial charge in [0.2, 0.25) is 5.91 Å². The fourth-order valence-electron chi connectivity index (χ4n) is 3.05. The molecule has 0 radical (unpaired) electrons. The van der Waals surface area contributed by atoms with Crippen LogP contribution in [0.25, 0.3) is 0 Å². The monoisotopic (exact) mass is 294 g/mol. The Bertz CT molecular complexity index is 639. The van der Waals surface area contributed by atoms with E-state index in [0.29, 0.717) is 6.42 Å². The maximum absolute atomic E-state index is 12.3. The van der Waals surface area contributed by atoms with E-state index in [0.717, 1.165) is 19.4 Å². The maximum Gasteiger partial charge on any atom is 0.220 e. The first kappa shape index (κ1) is 14.6. The Morgan fingerprint density at radius 3 is 2.68 bits per heavy atom. The molecule has 1 heterocycles. The predicted octanol–water partition coefficient (Wildman–Crippen LogP) is 3.32. The summed E-state index contributed by atoms with van der Waals surface area (Å²) in [6.07, 6.45) is 2.30. The summed E-state index contributed by atoms with van der Waals surface area (Å²) in [6, 6.07) is 18.6. The Morgan fingerprint density at radius 1 is 1.14 bits per heavy atom. The summed E-state index contributed by atoms with van der Waals surface area (Å²) in [6.45, 7) is 0.973. The molecule has 3 heteroatoms. The lowest BCUT2D eigenvalue weighted by atomic mass is 9.96. The van der Waals surface area contributed by atoms with Crippen molar-refractivity contribution in [1.29, 1.82) is 0 Å². The molecule has 114 valence electrons. The average Bonchev–Trinajstić information content (AvgIpc) is 2.57. The van der Waals surface area contributed by atoms with Gasteiger partial charge in [-0.15, -0.1) is 0 Å². The van der Waals surface area contributed by atoms with Crippen LogP contribution in [0, 0.1) is 0 Å². The van der Waals surface area contributed by atoms with Gasteiger partial charge in [-0.1, -0.05) is 48.5 Å². The molecule has 0 fully saturated rings. The molecule has 3 nitrogen and oxygen atoms in total. The van der Waals surface area contributed by atoms with E-state index in [4.69, 9.17) is 0 Å². The molecule has 0 aromatic heterocycles. The number of nitrogens with zero attached hydrogens (tertiary/aromatic N) is 1. The number of benzene rings is 2. The molecule has 1 N–H and O–H groups in total. The molecule has 2 aromatic carbocycles. The normalized spacial score (nSPS) is 17.0. The molecular formula is C19H22N2O. The molecule has 1 amide bonds. The Hall–Kier alpha value is -2.29. The molecule has 3 rings (SSSR count). The SMILES string of the molecule is CN1CCC(NC(=O)CCc2ccccc2)c2ccccc21. The molecule has 1 unspecified atom stereocenters. The number of para-hydroxylation sites is 1. The molecule has 0 spiro atoms. The van der Waals surface area contributed by atoms with Gasteiger partial charge in [0.05, 0.1) is 6.04 Å². The van der Waals surface area contributed by atoms with Gasteiger partial charge < -0.3 is 10.2 Å². The van der Waals surface area contributed by atoms with Gasteiger partial charge in [0, 0.05) is 25.7 Å². The third kappa shape index (κ3) is 3.30. The largest absolute Gasteiger partial charge is 0.374 e. The Kier molecular flexibility index (Phi) is 4.42. The second-order valence-corrected chi connectivity index (χ2v) is 5.87. The summed E-state index contributed by atoms with van der Waals surface area (Å²) < 4.78 is 0. The summed E-state index contributed by atoms with van der Waals surface area (Å²) in [5, 5.41) is 3.20. The van der Waals surface area contributed by atoms with Crippen molar-refractivity contribution in [3.05, 3.63) is 65.7 Å². The van der Waals surface area contributed by atoms with Crippen LogP contribution in [0.15, 0.2) is 54.6 Å². The lowest BCUT2D eigenvalue weighted by molar-refractivity contribution is -0.121. The van der Waals surface area contributed by atoms with Crippen molar-refractivity contribution < 1.29 is 4.79 Å². The van der Waals surface area contributed by atoms with Crippen molar-refractivity contribution in [2.75, 3.05) is 18.5 Å². The first-order valence-electron chi connectivity index (χ1n) is 7.87. The molecule has 1 aliphatic heterocycles. The predicted molar refractivity (Wildman–Crippen MR) is 90.0 cm³/mol. The Labute approximate surface area is 132 Å². The van der Waals surface area contributed by atoms with Crippen LogP contribution in [0.1, 0.15) is 30.0 Å². The highest BCUT2D eigenvalue weighted by Gasteiger charge is 2.23. The smallest absolute Gasteiger partial charge is 0.220 e. The zero-order valence-electron chi connectivity index (χ0n) is 13.0. The third-order valence-corrected chi connectivity index (χ3v) is 4.30. The summed E-state index contributed by atoms with van der Waals surface area (Å²) in [5.74, 6) is 0.133. The molecule has 1 atom stereocenters. The van der Waals surface area contributed by atoms with Gasteiger partial charge in [0.1, 0.15) is 0 Å². The number of rotatable bonds is 4. The van der Waals surface area contributed by atoms with Crippen LogP contribution >= 0.6 is 0 Å². The van der Waals surface area contributed by atoms with Crippen molar-refractivity contribution in [2.45, 2.75) is 25.3 Å². The minimum absolute atomic E-state index is 0.133. The molecule has 0 saturated heterocycles. The van der Waals surface area contributed by atoms with Crippen LogP contribution in [-0.2, 0) is 11.2 Å². The van der Waals surface area contributed by atoms with Gasteiger partial charge in [-0.2, -0.15) is 0 Å². The summed E-state index contributed by atoms with van der Waals surface area (Å²) in [7, 11) is 2.10. The lowest BCUT2D eigenvalue weighted by Gasteiger charge is -2.33. The van der Waals surface area contributed by atoms with Crippen LogP contribution in [0.3, 0.4) is 0 Å². The Morgan fingerprint density at radius 2 is 1.86 bits per heavy atom. The quantitative estimate of drug-likeness (QED) is 0.938. The second-order valence-electron chi connectivity index (χ2n) is 5.87. The average molecular weight is 294 g/mol. The fraction of sp³-hybridized carbons (Fsp3) is 0.316. The Balaban J connectivity index is 1.61. The number of carbonyl (C=O) groups is 1. The van der Waals surface area contributed by atoms with E-state index in [2.05, 4.69) is 47.6 Å². The third-order valence-electron chi connectivity index (χ3n) is 4.30. The number of hydrogen-bond donors (Lipinski definition) is 1. The lowest BCUT2D eigenvalue weighted by Crippen LogP contribution is -2.36. The summed E-state index contributed by atoms with van der Waals surface area (Å²) in [5.41, 5.74) is 3.66. The van der Waals surface area contributed by atoms with E-state index >= 15 is 0 Å². The van der Waals surface area contributed by atoms with Gasteiger partial charge >= 0.3 is 0 Å². The zero-order valence-corrected chi connectivity index (χ0v) is 13.0. The van der Waals surface area contributed by atoms with Gasteiger partial charge in [0.25, 0.3) is 0 Å². The highest BCUT2D eigenvalue weighted by atomic mass is 16.1. The summed E-state index contributed by atoms with van der Waals surface area (Å²) in [4.78, 5) is 14.5. The van der Waals surface area contributed by atoms with E-state index in [1.165, 1.54) is 16.8 Å². The van der Waals surface area contributed by atoms with Crippen molar-refractivity contribution >= 4 is 11.6 Å².